The van der Waals surface area contributed by atoms with Gasteiger partial charge in [0.25, 0.3) is 5.91 Å². The van der Waals surface area contributed by atoms with Crippen molar-refractivity contribution in [3.63, 3.8) is 0 Å². The number of carbonyl (C=O) groups excluding carboxylic acids is 2. The summed E-state index contributed by atoms with van der Waals surface area (Å²) in [6.07, 6.45) is -1.96. The Morgan fingerprint density at radius 1 is 1.02 bits per heavy atom. The van der Waals surface area contributed by atoms with Gasteiger partial charge in [0.2, 0.25) is 0 Å². The zero-order valence-electron chi connectivity index (χ0n) is 20.7. The molecule has 3 amide bonds. The number of aliphatic hydroxyl groups is 1. The van der Waals surface area contributed by atoms with E-state index in [2.05, 4.69) is 31.3 Å². The molecule has 15 heteroatoms. The molecule has 0 saturated heterocycles. The van der Waals surface area contributed by atoms with E-state index in [0.29, 0.717) is 47.9 Å². The normalized spacial score (nSPS) is 11.4. The standard InChI is InChI=1S/C25H24F4N8O3/c26-18-6-3-15(25(27,28)29)11-19(18)36-24(40)35-16-4-1-14(2-5-16)20-17(23(39)32-8-7-31-9-10-38)12-37-21(20)22(30)33-13-34-37/h1-6,11-13,31,38H,7-10H2,(H,32,39)(H2,30,33,34)(H2,35,36,40). The van der Waals surface area contributed by atoms with Crippen molar-refractivity contribution in [3.05, 3.63) is 71.9 Å². The highest BCUT2D eigenvalue weighted by molar-refractivity contribution is 6.07. The molecule has 0 aliphatic rings. The van der Waals surface area contributed by atoms with E-state index in [-0.39, 0.29) is 30.2 Å². The lowest BCUT2D eigenvalue weighted by Crippen LogP contribution is -2.32. The van der Waals surface area contributed by atoms with Crippen LogP contribution in [0.25, 0.3) is 16.6 Å². The van der Waals surface area contributed by atoms with E-state index in [4.69, 9.17) is 10.8 Å². The molecule has 2 aromatic heterocycles. The first-order valence-electron chi connectivity index (χ1n) is 11.8. The number of carbonyl (C=O) groups is 2. The molecular formula is C25H24F4N8O3. The summed E-state index contributed by atoms with van der Waals surface area (Å²) in [5, 5.41) is 23.2. The van der Waals surface area contributed by atoms with E-state index in [9.17, 15) is 27.2 Å². The number of anilines is 3. The molecule has 0 aliphatic heterocycles. The van der Waals surface area contributed by atoms with E-state index >= 15 is 0 Å². The van der Waals surface area contributed by atoms with E-state index in [1.165, 1.54) is 29.2 Å². The predicted molar refractivity (Wildman–Crippen MR) is 139 cm³/mol. The summed E-state index contributed by atoms with van der Waals surface area (Å²) in [5.74, 6) is -1.32. The fourth-order valence-corrected chi connectivity index (χ4v) is 3.87. The number of nitrogen functional groups attached to an aromatic ring is 1. The highest BCUT2D eigenvalue weighted by Crippen LogP contribution is 2.34. The number of benzene rings is 2. The van der Waals surface area contributed by atoms with Gasteiger partial charge in [-0.15, -0.1) is 0 Å². The molecule has 0 saturated carbocycles. The number of nitrogens with two attached hydrogens (primary N) is 1. The molecule has 0 bridgehead atoms. The van der Waals surface area contributed by atoms with Gasteiger partial charge in [0, 0.05) is 37.1 Å². The van der Waals surface area contributed by atoms with Crippen LogP contribution < -0.4 is 27.0 Å². The van der Waals surface area contributed by atoms with Crippen molar-refractivity contribution in [2.75, 3.05) is 42.6 Å². The number of nitrogens with one attached hydrogen (secondary N) is 4. The van der Waals surface area contributed by atoms with Gasteiger partial charge in [-0.05, 0) is 35.9 Å². The number of hydrogen-bond donors (Lipinski definition) is 6. The number of halogens is 4. The minimum absolute atomic E-state index is 0.0322. The lowest BCUT2D eigenvalue weighted by molar-refractivity contribution is -0.137. The van der Waals surface area contributed by atoms with Crippen molar-refractivity contribution in [1.29, 1.82) is 0 Å². The largest absolute Gasteiger partial charge is 0.416 e. The first kappa shape index (κ1) is 28.3. The highest BCUT2D eigenvalue weighted by atomic mass is 19.4. The second-order valence-electron chi connectivity index (χ2n) is 8.43. The van der Waals surface area contributed by atoms with E-state index in [0.717, 1.165) is 0 Å². The molecule has 0 fully saturated rings. The van der Waals surface area contributed by atoms with Crippen molar-refractivity contribution >= 4 is 34.6 Å². The first-order chi connectivity index (χ1) is 19.1. The van der Waals surface area contributed by atoms with E-state index < -0.39 is 35.2 Å². The molecule has 0 aliphatic carbocycles. The van der Waals surface area contributed by atoms with Crippen LogP contribution >= 0.6 is 0 Å². The van der Waals surface area contributed by atoms with Crippen molar-refractivity contribution in [3.8, 4) is 11.1 Å². The number of rotatable bonds is 9. The van der Waals surface area contributed by atoms with E-state index in [1.54, 1.807) is 12.1 Å². The minimum atomic E-state index is -4.71. The highest BCUT2D eigenvalue weighted by Gasteiger charge is 2.31. The van der Waals surface area contributed by atoms with Crippen LogP contribution in [0.5, 0.6) is 0 Å². The molecule has 4 aromatic rings. The third-order valence-corrected chi connectivity index (χ3v) is 5.70. The van der Waals surface area contributed by atoms with Gasteiger partial charge in [0.1, 0.15) is 17.7 Å². The van der Waals surface area contributed by atoms with Gasteiger partial charge >= 0.3 is 12.2 Å². The van der Waals surface area contributed by atoms with Gasteiger partial charge in [-0.3, -0.25) is 4.79 Å². The third-order valence-electron chi connectivity index (χ3n) is 5.70. The number of fused-ring (bicyclic) bond motifs is 1. The minimum Gasteiger partial charge on any atom is -0.395 e. The molecule has 7 N–H and O–H groups in total. The molecule has 2 aromatic carbocycles. The molecule has 210 valence electrons. The molecule has 4 rings (SSSR count). The van der Waals surface area contributed by atoms with Crippen LogP contribution in [-0.4, -0.2) is 57.9 Å². The molecule has 0 spiro atoms. The molecule has 0 atom stereocenters. The molecular weight excluding hydrogens is 536 g/mol. The summed E-state index contributed by atoms with van der Waals surface area (Å²) in [4.78, 5) is 29.4. The first-order valence-corrected chi connectivity index (χ1v) is 11.8. The fourth-order valence-electron chi connectivity index (χ4n) is 3.87. The van der Waals surface area contributed by atoms with Gasteiger partial charge in [-0.1, -0.05) is 12.1 Å². The number of aromatic nitrogens is 3. The second-order valence-corrected chi connectivity index (χ2v) is 8.43. The maximum Gasteiger partial charge on any atom is 0.416 e. The van der Waals surface area contributed by atoms with Crippen LogP contribution in [0.1, 0.15) is 15.9 Å². The topological polar surface area (TPSA) is 159 Å². The van der Waals surface area contributed by atoms with Crippen molar-refractivity contribution in [2.24, 2.45) is 0 Å². The van der Waals surface area contributed by atoms with Gasteiger partial charge in [0.05, 0.1) is 23.4 Å². The van der Waals surface area contributed by atoms with Crippen LogP contribution in [0.3, 0.4) is 0 Å². The summed E-state index contributed by atoms with van der Waals surface area (Å²) in [5.41, 5.74) is 6.16. The van der Waals surface area contributed by atoms with Crippen LogP contribution in [0, 0.1) is 5.82 Å². The quantitative estimate of drug-likeness (QED) is 0.136. The SMILES string of the molecule is Nc1ncnn2cc(C(=O)NCCNCCO)c(-c3ccc(NC(=O)Nc4cc(C(F)(F)F)ccc4F)cc3)c12. The Balaban J connectivity index is 1.54. The van der Waals surface area contributed by atoms with Crippen LogP contribution in [0.4, 0.5) is 39.5 Å². The Kier molecular flexibility index (Phi) is 8.45. The summed E-state index contributed by atoms with van der Waals surface area (Å²) in [7, 11) is 0. The monoisotopic (exact) mass is 560 g/mol. The summed E-state index contributed by atoms with van der Waals surface area (Å²) in [6.45, 7) is 1.08. The summed E-state index contributed by atoms with van der Waals surface area (Å²) < 4.78 is 54.2. The maximum atomic E-state index is 14.0. The number of nitrogens with zero attached hydrogens (tertiary/aromatic N) is 3. The van der Waals surface area contributed by atoms with Gasteiger partial charge < -0.3 is 32.1 Å². The fraction of sp³-hybridized carbons (Fsp3) is 0.200. The lowest BCUT2D eigenvalue weighted by atomic mass is 10.0. The number of urea groups is 1. The zero-order chi connectivity index (χ0) is 28.9. The Labute approximate surface area is 224 Å². The summed E-state index contributed by atoms with van der Waals surface area (Å²) in [6, 6.07) is 6.87. The van der Waals surface area contributed by atoms with E-state index in [1.807, 2.05) is 0 Å². The van der Waals surface area contributed by atoms with Gasteiger partial charge in [0.15, 0.2) is 5.82 Å². The Hall–Kier alpha value is -4.76. The average Bonchev–Trinajstić information content (AvgIpc) is 3.30. The average molecular weight is 561 g/mol. The molecule has 0 radical (unpaired) electrons. The third kappa shape index (κ3) is 6.44. The zero-order valence-corrected chi connectivity index (χ0v) is 20.7. The molecule has 11 nitrogen and oxygen atoms in total. The summed E-state index contributed by atoms with van der Waals surface area (Å²) >= 11 is 0. The van der Waals surface area contributed by atoms with Gasteiger partial charge in [-0.2, -0.15) is 18.3 Å². The Morgan fingerprint density at radius 2 is 1.77 bits per heavy atom. The predicted octanol–water partition coefficient (Wildman–Crippen LogP) is 3.09. The molecule has 2 heterocycles. The number of alkyl halides is 3. The van der Waals surface area contributed by atoms with Crippen molar-refractivity contribution in [2.45, 2.75) is 6.18 Å². The van der Waals surface area contributed by atoms with Crippen LogP contribution in [0.15, 0.2) is 55.0 Å². The Morgan fingerprint density at radius 3 is 2.48 bits per heavy atom. The van der Waals surface area contributed by atoms with Crippen LogP contribution in [-0.2, 0) is 6.18 Å². The van der Waals surface area contributed by atoms with Crippen molar-refractivity contribution in [1.82, 2.24) is 25.2 Å². The second kappa shape index (κ2) is 12.0. The van der Waals surface area contributed by atoms with Crippen molar-refractivity contribution < 1.29 is 32.3 Å². The molecule has 0 unspecified atom stereocenters. The Bertz CT molecular complexity index is 1520. The number of aliphatic hydroxyl groups excluding tert-OH is 1. The smallest absolute Gasteiger partial charge is 0.395 e. The molecule has 40 heavy (non-hydrogen) atoms. The van der Waals surface area contributed by atoms with Crippen LogP contribution in [0.2, 0.25) is 0 Å². The number of hydrogen-bond acceptors (Lipinski definition) is 7. The van der Waals surface area contributed by atoms with Gasteiger partial charge in [-0.25, -0.2) is 18.7 Å². The number of amides is 3. The maximum absolute atomic E-state index is 14.0. The lowest BCUT2D eigenvalue weighted by Gasteiger charge is -2.12.